The van der Waals surface area contributed by atoms with Crippen LogP contribution >= 0.6 is 27.3 Å². The van der Waals surface area contributed by atoms with Gasteiger partial charge in [-0.25, -0.2) is 9.97 Å². The van der Waals surface area contributed by atoms with E-state index in [-0.39, 0.29) is 5.56 Å². The first-order valence-electron chi connectivity index (χ1n) is 2.77. The molecule has 0 aliphatic rings. The van der Waals surface area contributed by atoms with E-state index in [2.05, 4.69) is 30.9 Å². The summed E-state index contributed by atoms with van der Waals surface area (Å²) in [6.07, 6.45) is 1.34. The first-order valence-corrected chi connectivity index (χ1v) is 4.38. The van der Waals surface area contributed by atoms with E-state index in [1.165, 1.54) is 17.7 Å². The van der Waals surface area contributed by atoms with Crippen LogP contribution in [0.2, 0.25) is 0 Å². The molecule has 11 heavy (non-hydrogen) atoms. The van der Waals surface area contributed by atoms with Crippen LogP contribution in [0.1, 0.15) is 0 Å². The van der Waals surface area contributed by atoms with Gasteiger partial charge in [0.05, 0.1) is 6.33 Å². The van der Waals surface area contributed by atoms with E-state index in [0.29, 0.717) is 14.3 Å². The Morgan fingerprint density at radius 1 is 1.64 bits per heavy atom. The second-order valence-corrected chi connectivity index (χ2v) is 4.13. The SMILES string of the molecule is O=c1[nH]cnc2nc(Br)sc12. The summed E-state index contributed by atoms with van der Waals surface area (Å²) in [4.78, 5) is 21.4. The van der Waals surface area contributed by atoms with Crippen LogP contribution in [0.15, 0.2) is 15.0 Å². The lowest BCUT2D eigenvalue weighted by Crippen LogP contribution is -2.03. The average Bonchev–Trinajstić information content (AvgIpc) is 2.31. The summed E-state index contributed by atoms with van der Waals surface area (Å²) in [5.74, 6) is 0. The van der Waals surface area contributed by atoms with E-state index in [1.54, 1.807) is 0 Å². The van der Waals surface area contributed by atoms with Crippen LogP contribution in [-0.2, 0) is 0 Å². The molecule has 0 aromatic carbocycles. The topological polar surface area (TPSA) is 58.6 Å². The zero-order valence-electron chi connectivity index (χ0n) is 5.17. The molecule has 2 aromatic rings. The lowest BCUT2D eigenvalue weighted by Gasteiger charge is -1.80. The molecule has 2 rings (SSSR count). The Labute approximate surface area is 73.4 Å². The van der Waals surface area contributed by atoms with Crippen molar-refractivity contribution in [2.45, 2.75) is 0 Å². The van der Waals surface area contributed by atoms with Gasteiger partial charge in [-0.15, -0.1) is 0 Å². The maximum absolute atomic E-state index is 11.0. The molecule has 0 saturated heterocycles. The normalized spacial score (nSPS) is 10.6. The fourth-order valence-corrected chi connectivity index (χ4v) is 2.04. The van der Waals surface area contributed by atoms with Gasteiger partial charge < -0.3 is 4.98 Å². The second kappa shape index (κ2) is 2.38. The molecule has 0 aliphatic heterocycles. The van der Waals surface area contributed by atoms with Crippen LogP contribution in [0.4, 0.5) is 0 Å². The summed E-state index contributed by atoms with van der Waals surface area (Å²) in [6.45, 7) is 0. The number of aromatic amines is 1. The van der Waals surface area contributed by atoms with Gasteiger partial charge in [0.2, 0.25) is 0 Å². The van der Waals surface area contributed by atoms with Crippen molar-refractivity contribution in [3.8, 4) is 0 Å². The number of halogens is 1. The number of H-pyrrole nitrogens is 1. The minimum absolute atomic E-state index is 0.141. The third-order valence-corrected chi connectivity index (χ3v) is 2.67. The fourth-order valence-electron chi connectivity index (χ4n) is 0.740. The largest absolute Gasteiger partial charge is 0.312 e. The number of rotatable bonds is 0. The van der Waals surface area contributed by atoms with Crippen molar-refractivity contribution in [1.82, 2.24) is 15.0 Å². The first-order chi connectivity index (χ1) is 5.27. The van der Waals surface area contributed by atoms with Gasteiger partial charge in [0, 0.05) is 0 Å². The molecule has 0 spiro atoms. The van der Waals surface area contributed by atoms with Crippen molar-refractivity contribution < 1.29 is 0 Å². The highest BCUT2D eigenvalue weighted by atomic mass is 79.9. The molecule has 0 amide bonds. The molecule has 56 valence electrons. The Morgan fingerprint density at radius 3 is 3.18 bits per heavy atom. The molecule has 0 unspecified atom stereocenters. The molecular weight excluding hydrogens is 230 g/mol. The van der Waals surface area contributed by atoms with Crippen molar-refractivity contribution >= 4 is 37.6 Å². The van der Waals surface area contributed by atoms with Crippen LogP contribution in [0.25, 0.3) is 10.3 Å². The monoisotopic (exact) mass is 231 g/mol. The third kappa shape index (κ3) is 1.08. The summed E-state index contributed by atoms with van der Waals surface area (Å²) >= 11 is 4.45. The van der Waals surface area contributed by atoms with Gasteiger partial charge in [-0.1, -0.05) is 11.3 Å². The Balaban J connectivity index is 3.02. The third-order valence-electron chi connectivity index (χ3n) is 1.17. The van der Waals surface area contributed by atoms with Gasteiger partial charge in [0.15, 0.2) is 9.56 Å². The lowest BCUT2D eigenvalue weighted by atomic mass is 10.6. The van der Waals surface area contributed by atoms with Crippen LogP contribution in [0, 0.1) is 0 Å². The Hall–Kier alpha value is -0.750. The van der Waals surface area contributed by atoms with E-state index in [0.717, 1.165) is 0 Å². The Bertz CT molecular complexity index is 448. The lowest BCUT2D eigenvalue weighted by molar-refractivity contribution is 1.16. The van der Waals surface area contributed by atoms with E-state index in [1.807, 2.05) is 0 Å². The number of thiazole rings is 1. The van der Waals surface area contributed by atoms with Crippen LogP contribution in [0.3, 0.4) is 0 Å². The van der Waals surface area contributed by atoms with Crippen molar-refractivity contribution in [3.05, 3.63) is 20.6 Å². The minimum atomic E-state index is -0.141. The van der Waals surface area contributed by atoms with Crippen molar-refractivity contribution in [3.63, 3.8) is 0 Å². The summed E-state index contributed by atoms with van der Waals surface area (Å²) in [7, 11) is 0. The number of hydrogen-bond donors (Lipinski definition) is 1. The highest BCUT2D eigenvalue weighted by Crippen LogP contribution is 2.20. The van der Waals surface area contributed by atoms with Gasteiger partial charge in [-0.2, -0.15) is 0 Å². The summed E-state index contributed by atoms with van der Waals surface area (Å²) in [5, 5.41) is 0. The van der Waals surface area contributed by atoms with E-state index >= 15 is 0 Å². The van der Waals surface area contributed by atoms with Crippen molar-refractivity contribution in [1.29, 1.82) is 0 Å². The molecule has 4 nitrogen and oxygen atoms in total. The summed E-state index contributed by atoms with van der Waals surface area (Å²) in [6, 6.07) is 0. The quantitative estimate of drug-likeness (QED) is 0.740. The minimum Gasteiger partial charge on any atom is -0.312 e. The molecule has 0 saturated carbocycles. The predicted octanol–water partition coefficient (Wildman–Crippen LogP) is 1.14. The molecule has 2 heterocycles. The Morgan fingerprint density at radius 2 is 2.45 bits per heavy atom. The number of hydrogen-bond acceptors (Lipinski definition) is 4. The standard InChI is InChI=1S/C5H2BrN3OS/c6-5-9-3-2(11-5)4(10)8-1-7-3/h1H,(H,7,8,10). The van der Waals surface area contributed by atoms with Gasteiger partial charge in [-0.3, -0.25) is 4.79 Å². The molecule has 0 fully saturated rings. The van der Waals surface area contributed by atoms with Gasteiger partial charge in [0.25, 0.3) is 5.56 Å². The second-order valence-electron chi connectivity index (χ2n) is 1.85. The van der Waals surface area contributed by atoms with Crippen LogP contribution < -0.4 is 5.56 Å². The van der Waals surface area contributed by atoms with Crippen LogP contribution in [-0.4, -0.2) is 15.0 Å². The Kier molecular flexibility index (Phi) is 1.50. The fraction of sp³-hybridized carbons (Fsp3) is 0. The molecule has 0 atom stereocenters. The van der Waals surface area contributed by atoms with Crippen molar-refractivity contribution in [2.75, 3.05) is 0 Å². The van der Waals surface area contributed by atoms with E-state index < -0.39 is 0 Å². The molecule has 6 heteroatoms. The summed E-state index contributed by atoms with van der Waals surface area (Å²) in [5.41, 5.74) is 0.351. The van der Waals surface area contributed by atoms with Crippen molar-refractivity contribution in [2.24, 2.45) is 0 Å². The average molecular weight is 232 g/mol. The molecule has 2 aromatic heterocycles. The highest BCUT2D eigenvalue weighted by molar-refractivity contribution is 9.11. The van der Waals surface area contributed by atoms with Gasteiger partial charge in [-0.05, 0) is 15.9 Å². The molecule has 1 N–H and O–H groups in total. The zero-order chi connectivity index (χ0) is 7.84. The number of nitrogens with zero attached hydrogens (tertiary/aromatic N) is 2. The molecule has 0 bridgehead atoms. The van der Waals surface area contributed by atoms with Crippen LogP contribution in [0.5, 0.6) is 0 Å². The number of aromatic nitrogens is 3. The maximum atomic E-state index is 11.0. The zero-order valence-corrected chi connectivity index (χ0v) is 7.57. The molecule has 0 radical (unpaired) electrons. The van der Waals surface area contributed by atoms with E-state index in [4.69, 9.17) is 0 Å². The molecular formula is C5H2BrN3OS. The van der Waals surface area contributed by atoms with E-state index in [9.17, 15) is 4.79 Å². The number of fused-ring (bicyclic) bond motifs is 1. The maximum Gasteiger partial charge on any atom is 0.270 e. The highest BCUT2D eigenvalue weighted by Gasteiger charge is 2.04. The van der Waals surface area contributed by atoms with Gasteiger partial charge >= 0.3 is 0 Å². The molecule has 0 aliphatic carbocycles. The summed E-state index contributed by atoms with van der Waals surface area (Å²) < 4.78 is 1.23. The first kappa shape index (κ1) is 6.93. The smallest absolute Gasteiger partial charge is 0.270 e. The predicted molar refractivity (Wildman–Crippen MR) is 45.7 cm³/mol. The number of nitrogens with one attached hydrogen (secondary N) is 1. The van der Waals surface area contributed by atoms with Gasteiger partial charge in [0.1, 0.15) is 4.70 Å².